The molecule has 1 heterocycles. The van der Waals surface area contributed by atoms with E-state index in [-0.39, 0.29) is 0 Å². The molecule has 0 saturated heterocycles. The number of aromatic hydroxyl groups is 1. The average Bonchev–Trinajstić information content (AvgIpc) is 2.80. The standard InChI is InChI=1S/C25H33N5O2/c1-4-32-20-13-14-23(31)17(15-20)16-26-18-9-11-19(12-10-18)27-25-28-22-8-6-5-7-21(22)24(29-25)30(2)3/h5-8,13-15,18-19,26,31H,4,9-12,16H2,1-3H3,(H,27,28,29). The fourth-order valence-electron chi connectivity index (χ4n) is 4.30. The maximum Gasteiger partial charge on any atom is 0.225 e. The molecule has 7 nitrogen and oxygen atoms in total. The van der Waals surface area contributed by atoms with Crippen molar-refractivity contribution in [1.82, 2.24) is 15.3 Å². The summed E-state index contributed by atoms with van der Waals surface area (Å²) in [5.41, 5.74) is 1.83. The highest BCUT2D eigenvalue weighted by Crippen LogP contribution is 2.27. The van der Waals surface area contributed by atoms with Crippen LogP contribution >= 0.6 is 0 Å². The highest BCUT2D eigenvalue weighted by Gasteiger charge is 2.22. The fraction of sp³-hybridized carbons (Fsp3) is 0.440. The first-order valence-electron chi connectivity index (χ1n) is 11.4. The summed E-state index contributed by atoms with van der Waals surface area (Å²) in [5, 5.41) is 18.4. The number of para-hydroxylation sites is 1. The molecule has 32 heavy (non-hydrogen) atoms. The lowest BCUT2D eigenvalue weighted by Crippen LogP contribution is -2.37. The lowest BCUT2D eigenvalue weighted by Gasteiger charge is -2.30. The van der Waals surface area contributed by atoms with E-state index in [9.17, 15) is 5.11 Å². The van der Waals surface area contributed by atoms with Gasteiger partial charge >= 0.3 is 0 Å². The molecule has 1 fully saturated rings. The van der Waals surface area contributed by atoms with Gasteiger partial charge in [-0.1, -0.05) is 12.1 Å². The number of rotatable bonds is 8. The largest absolute Gasteiger partial charge is 0.508 e. The smallest absolute Gasteiger partial charge is 0.225 e. The summed E-state index contributed by atoms with van der Waals surface area (Å²) < 4.78 is 5.55. The average molecular weight is 436 g/mol. The van der Waals surface area contributed by atoms with Crippen molar-refractivity contribution < 1.29 is 9.84 Å². The third-order valence-corrected chi connectivity index (χ3v) is 6.01. The first-order valence-corrected chi connectivity index (χ1v) is 11.4. The number of nitrogens with zero attached hydrogens (tertiary/aromatic N) is 3. The van der Waals surface area contributed by atoms with E-state index in [1.807, 2.05) is 50.2 Å². The van der Waals surface area contributed by atoms with Crippen molar-refractivity contribution in [1.29, 1.82) is 0 Å². The van der Waals surface area contributed by atoms with Crippen molar-refractivity contribution in [3.05, 3.63) is 48.0 Å². The maximum atomic E-state index is 10.2. The van der Waals surface area contributed by atoms with E-state index in [1.54, 1.807) is 12.1 Å². The van der Waals surface area contributed by atoms with Gasteiger partial charge in [0.05, 0.1) is 12.1 Å². The minimum atomic E-state index is 0.307. The maximum absolute atomic E-state index is 10.2. The highest BCUT2D eigenvalue weighted by atomic mass is 16.5. The molecular weight excluding hydrogens is 402 g/mol. The predicted molar refractivity (Wildman–Crippen MR) is 130 cm³/mol. The second-order valence-corrected chi connectivity index (χ2v) is 8.58. The van der Waals surface area contributed by atoms with E-state index in [2.05, 4.69) is 16.7 Å². The van der Waals surface area contributed by atoms with Gasteiger partial charge < -0.3 is 25.4 Å². The van der Waals surface area contributed by atoms with Gasteiger partial charge in [0.1, 0.15) is 17.3 Å². The number of phenolic OH excluding ortho intramolecular Hbond substituents is 1. The van der Waals surface area contributed by atoms with Crippen molar-refractivity contribution in [2.24, 2.45) is 0 Å². The zero-order chi connectivity index (χ0) is 22.5. The minimum absolute atomic E-state index is 0.307. The van der Waals surface area contributed by atoms with Gasteiger partial charge in [0.15, 0.2) is 0 Å². The molecule has 0 atom stereocenters. The van der Waals surface area contributed by atoms with Crippen LogP contribution < -0.4 is 20.3 Å². The van der Waals surface area contributed by atoms with Crippen LogP contribution in [0, 0.1) is 0 Å². The van der Waals surface area contributed by atoms with Crippen molar-refractivity contribution >= 4 is 22.7 Å². The molecule has 1 saturated carbocycles. The van der Waals surface area contributed by atoms with Crippen molar-refractivity contribution in [3.63, 3.8) is 0 Å². The van der Waals surface area contributed by atoms with Crippen LogP contribution in [0.1, 0.15) is 38.2 Å². The first kappa shape index (κ1) is 22.1. The van der Waals surface area contributed by atoms with Gasteiger partial charge in [0.25, 0.3) is 0 Å². The summed E-state index contributed by atoms with van der Waals surface area (Å²) in [6, 6.07) is 14.3. The van der Waals surface area contributed by atoms with Crippen LogP contribution in [-0.4, -0.2) is 47.9 Å². The Bertz CT molecular complexity index is 1050. The summed E-state index contributed by atoms with van der Waals surface area (Å²) in [4.78, 5) is 11.5. The lowest BCUT2D eigenvalue weighted by atomic mass is 9.91. The molecule has 1 aliphatic rings. The molecule has 0 unspecified atom stereocenters. The van der Waals surface area contributed by atoms with E-state index in [0.29, 0.717) is 36.9 Å². The topological polar surface area (TPSA) is 82.5 Å². The summed E-state index contributed by atoms with van der Waals surface area (Å²) >= 11 is 0. The van der Waals surface area contributed by atoms with Crippen LogP contribution in [0.5, 0.6) is 11.5 Å². The van der Waals surface area contributed by atoms with E-state index >= 15 is 0 Å². The third-order valence-electron chi connectivity index (χ3n) is 6.01. The van der Waals surface area contributed by atoms with Gasteiger partial charge in [-0.05, 0) is 62.9 Å². The summed E-state index contributed by atoms with van der Waals surface area (Å²) in [6.45, 7) is 3.21. The molecule has 1 aliphatic carbocycles. The van der Waals surface area contributed by atoms with Crippen LogP contribution in [0.15, 0.2) is 42.5 Å². The molecule has 4 rings (SSSR count). The molecule has 0 radical (unpaired) electrons. The number of benzene rings is 2. The molecule has 7 heteroatoms. The van der Waals surface area contributed by atoms with E-state index in [4.69, 9.17) is 14.7 Å². The van der Waals surface area contributed by atoms with Gasteiger partial charge in [-0.2, -0.15) is 4.98 Å². The molecule has 1 aromatic heterocycles. The predicted octanol–water partition coefficient (Wildman–Crippen LogP) is 4.31. The Balaban J connectivity index is 1.33. The molecule has 170 valence electrons. The Labute approximate surface area is 189 Å². The molecule has 0 amide bonds. The van der Waals surface area contributed by atoms with Crippen LogP contribution in [-0.2, 0) is 6.54 Å². The normalized spacial score (nSPS) is 18.5. The zero-order valence-electron chi connectivity index (χ0n) is 19.1. The summed E-state index contributed by atoms with van der Waals surface area (Å²) in [7, 11) is 4.02. The molecule has 3 N–H and O–H groups in total. The number of nitrogens with one attached hydrogen (secondary N) is 2. The molecule has 0 spiro atoms. The molecule has 3 aromatic rings. The molecule has 0 bridgehead atoms. The number of ether oxygens (including phenoxy) is 1. The second-order valence-electron chi connectivity index (χ2n) is 8.58. The Morgan fingerprint density at radius 3 is 2.53 bits per heavy atom. The summed E-state index contributed by atoms with van der Waals surface area (Å²) in [5.74, 6) is 2.73. The number of anilines is 2. The molecule has 2 aromatic carbocycles. The Kier molecular flexibility index (Phi) is 6.95. The van der Waals surface area contributed by atoms with E-state index in [0.717, 1.165) is 53.7 Å². The van der Waals surface area contributed by atoms with Crippen LogP contribution in [0.4, 0.5) is 11.8 Å². The third kappa shape index (κ3) is 5.22. The van der Waals surface area contributed by atoms with Gasteiger partial charge in [0, 0.05) is 43.7 Å². The number of hydrogen-bond donors (Lipinski definition) is 3. The number of aromatic nitrogens is 2. The minimum Gasteiger partial charge on any atom is -0.508 e. The van der Waals surface area contributed by atoms with E-state index < -0.39 is 0 Å². The van der Waals surface area contributed by atoms with Crippen molar-refractivity contribution in [2.45, 2.75) is 51.2 Å². The molecular formula is C25H33N5O2. The van der Waals surface area contributed by atoms with Crippen LogP contribution in [0.2, 0.25) is 0 Å². The fourth-order valence-corrected chi connectivity index (χ4v) is 4.30. The van der Waals surface area contributed by atoms with Crippen molar-refractivity contribution in [2.75, 3.05) is 30.9 Å². The van der Waals surface area contributed by atoms with Crippen LogP contribution in [0.25, 0.3) is 10.9 Å². The lowest BCUT2D eigenvalue weighted by molar-refractivity contribution is 0.336. The monoisotopic (exact) mass is 435 g/mol. The number of phenols is 1. The Morgan fingerprint density at radius 1 is 1.03 bits per heavy atom. The quantitative estimate of drug-likeness (QED) is 0.486. The van der Waals surface area contributed by atoms with Gasteiger partial charge in [-0.3, -0.25) is 0 Å². The Morgan fingerprint density at radius 2 is 1.78 bits per heavy atom. The second kappa shape index (κ2) is 10.0. The van der Waals surface area contributed by atoms with E-state index in [1.165, 1.54) is 0 Å². The first-order chi connectivity index (χ1) is 15.5. The molecule has 0 aliphatic heterocycles. The Hall–Kier alpha value is -3.06. The van der Waals surface area contributed by atoms with Gasteiger partial charge in [-0.25, -0.2) is 4.98 Å². The van der Waals surface area contributed by atoms with Crippen molar-refractivity contribution in [3.8, 4) is 11.5 Å². The van der Waals surface area contributed by atoms with Gasteiger partial charge in [0.2, 0.25) is 5.95 Å². The zero-order valence-corrected chi connectivity index (χ0v) is 19.1. The summed E-state index contributed by atoms with van der Waals surface area (Å²) in [6.07, 6.45) is 4.24. The number of fused-ring (bicyclic) bond motifs is 1. The highest BCUT2D eigenvalue weighted by molar-refractivity contribution is 5.90. The SMILES string of the molecule is CCOc1ccc(O)c(CNC2CCC(Nc3nc(N(C)C)c4ccccc4n3)CC2)c1. The number of hydrogen-bond acceptors (Lipinski definition) is 7. The van der Waals surface area contributed by atoms with Crippen LogP contribution in [0.3, 0.4) is 0 Å². The van der Waals surface area contributed by atoms with Gasteiger partial charge in [-0.15, -0.1) is 0 Å².